The highest BCUT2D eigenvalue weighted by Gasteiger charge is 2.58. The third kappa shape index (κ3) is 2.36. The van der Waals surface area contributed by atoms with Crippen LogP contribution >= 0.6 is 0 Å². The molecule has 0 aromatic rings. The number of rotatable bonds is 1. The lowest BCUT2D eigenvalue weighted by Crippen LogP contribution is -2.54. The van der Waals surface area contributed by atoms with Crippen LogP contribution in [0.5, 0.6) is 0 Å². The molecule has 0 aromatic heterocycles. The van der Waals surface area contributed by atoms with E-state index in [1.54, 1.807) is 5.57 Å². The summed E-state index contributed by atoms with van der Waals surface area (Å²) >= 11 is 0. The molecule has 120 valence electrons. The highest BCUT2D eigenvalue weighted by Crippen LogP contribution is 2.59. The molecule has 0 aromatic carbocycles. The van der Waals surface area contributed by atoms with Gasteiger partial charge in [0.25, 0.3) is 0 Å². The Balaban J connectivity index is 2.05. The van der Waals surface area contributed by atoms with Crippen molar-refractivity contribution in [2.45, 2.75) is 65.8 Å². The standard InChI is InChI=1S/C21H31N/c1-13(2)11-16-12-15(4)17-9-10-21(5,22-6)18-8-7-14(3)19(16)20(17)18/h7,11,15-20H,8-10,12H2,1-5H3/t15?,16-,17?,18?,19?,20-,21+/m1/s1. The molecule has 0 saturated heterocycles. The molecule has 0 N–H and O–H groups in total. The SMILES string of the molecule is [C-]#[N+][C@@]1(C)CCC2C(C)C[C@@H](C=C(C)C)C3C(C)=CCC1[C@@H]23. The van der Waals surface area contributed by atoms with Crippen LogP contribution in [0, 0.1) is 42.1 Å². The van der Waals surface area contributed by atoms with E-state index in [0.717, 1.165) is 30.6 Å². The minimum atomic E-state index is -0.122. The van der Waals surface area contributed by atoms with Gasteiger partial charge in [-0.2, -0.15) is 0 Å². The fourth-order valence-electron chi connectivity index (χ4n) is 6.01. The fourth-order valence-corrected chi connectivity index (χ4v) is 6.01. The van der Waals surface area contributed by atoms with E-state index in [-0.39, 0.29) is 5.54 Å². The lowest BCUT2D eigenvalue weighted by Gasteiger charge is -2.56. The predicted molar refractivity (Wildman–Crippen MR) is 93.3 cm³/mol. The fraction of sp³-hybridized carbons (Fsp3) is 0.762. The molecular formula is C21H31N. The second-order valence-corrected chi connectivity index (χ2v) is 8.69. The molecule has 7 atom stereocenters. The quantitative estimate of drug-likeness (QED) is 0.419. The lowest BCUT2D eigenvalue weighted by molar-refractivity contribution is -0.0267. The normalized spacial score (nSPS) is 47.0. The molecule has 0 aliphatic heterocycles. The molecule has 2 saturated carbocycles. The highest BCUT2D eigenvalue weighted by molar-refractivity contribution is 5.24. The van der Waals surface area contributed by atoms with Gasteiger partial charge in [-0.3, -0.25) is 0 Å². The monoisotopic (exact) mass is 297 g/mol. The smallest absolute Gasteiger partial charge is 0.233 e. The molecular weight excluding hydrogens is 266 g/mol. The molecule has 4 unspecified atom stereocenters. The van der Waals surface area contributed by atoms with Crippen LogP contribution in [0.1, 0.15) is 60.3 Å². The van der Waals surface area contributed by atoms with Crippen molar-refractivity contribution in [2.24, 2.45) is 35.5 Å². The van der Waals surface area contributed by atoms with Gasteiger partial charge in [0.05, 0.1) is 0 Å². The summed E-state index contributed by atoms with van der Waals surface area (Å²) in [5.41, 5.74) is 2.94. The third-order valence-electron chi connectivity index (χ3n) is 7.01. The average molecular weight is 297 g/mol. The molecule has 3 rings (SSSR count). The van der Waals surface area contributed by atoms with Crippen LogP contribution < -0.4 is 0 Å². The average Bonchev–Trinajstić information content (AvgIpc) is 2.45. The largest absolute Gasteiger partial charge is 0.310 e. The van der Waals surface area contributed by atoms with Crippen molar-refractivity contribution < 1.29 is 0 Å². The Bertz CT molecular complexity index is 545. The Morgan fingerprint density at radius 1 is 1.41 bits per heavy atom. The Labute approximate surface area is 136 Å². The van der Waals surface area contributed by atoms with Gasteiger partial charge < -0.3 is 4.85 Å². The molecule has 0 heterocycles. The molecule has 3 aliphatic rings. The molecule has 0 amide bonds. The Morgan fingerprint density at radius 2 is 2.14 bits per heavy atom. The Hall–Kier alpha value is -1.03. The van der Waals surface area contributed by atoms with Crippen molar-refractivity contribution in [3.63, 3.8) is 0 Å². The van der Waals surface area contributed by atoms with Gasteiger partial charge in [-0.25, -0.2) is 6.57 Å². The first-order valence-corrected chi connectivity index (χ1v) is 9.07. The molecule has 3 aliphatic carbocycles. The van der Waals surface area contributed by atoms with Gasteiger partial charge in [-0.15, -0.1) is 0 Å². The summed E-state index contributed by atoms with van der Waals surface area (Å²) in [7, 11) is 0. The number of allylic oxidation sites excluding steroid dienone is 4. The number of hydrogen-bond acceptors (Lipinski definition) is 0. The molecule has 1 nitrogen and oxygen atoms in total. The Morgan fingerprint density at radius 3 is 2.77 bits per heavy atom. The minimum absolute atomic E-state index is 0.122. The van der Waals surface area contributed by atoms with Crippen LogP contribution in [0.25, 0.3) is 4.85 Å². The number of nitrogens with zero attached hydrogens (tertiary/aromatic N) is 1. The van der Waals surface area contributed by atoms with Crippen LogP contribution in [-0.4, -0.2) is 5.54 Å². The second-order valence-electron chi connectivity index (χ2n) is 8.69. The maximum absolute atomic E-state index is 7.78. The highest BCUT2D eigenvalue weighted by atomic mass is 14.8. The Kier molecular flexibility index (Phi) is 4.00. The van der Waals surface area contributed by atoms with Gasteiger partial charge in [0.1, 0.15) is 0 Å². The van der Waals surface area contributed by atoms with Crippen molar-refractivity contribution in [1.29, 1.82) is 0 Å². The van der Waals surface area contributed by atoms with Gasteiger partial charge in [0.15, 0.2) is 0 Å². The van der Waals surface area contributed by atoms with E-state index in [4.69, 9.17) is 6.57 Å². The third-order valence-corrected chi connectivity index (χ3v) is 7.01. The molecule has 2 fully saturated rings. The summed E-state index contributed by atoms with van der Waals surface area (Å²) in [5.74, 6) is 4.35. The molecule has 0 bridgehead atoms. The van der Waals surface area contributed by atoms with Gasteiger partial charge in [-0.1, -0.05) is 30.2 Å². The molecule has 0 radical (unpaired) electrons. The summed E-state index contributed by atoms with van der Waals surface area (Å²) in [6.07, 6.45) is 9.85. The second kappa shape index (κ2) is 5.55. The molecule has 1 heteroatoms. The first-order chi connectivity index (χ1) is 10.4. The van der Waals surface area contributed by atoms with E-state index in [2.05, 4.69) is 51.6 Å². The van der Waals surface area contributed by atoms with Crippen molar-refractivity contribution in [2.75, 3.05) is 0 Å². The zero-order valence-corrected chi connectivity index (χ0v) is 14.9. The van der Waals surface area contributed by atoms with Crippen LogP contribution in [0.2, 0.25) is 0 Å². The van der Waals surface area contributed by atoms with Crippen LogP contribution in [0.3, 0.4) is 0 Å². The first-order valence-electron chi connectivity index (χ1n) is 9.07. The summed E-state index contributed by atoms with van der Waals surface area (Å²) in [6, 6.07) is 0. The van der Waals surface area contributed by atoms with E-state index in [1.165, 1.54) is 18.4 Å². The van der Waals surface area contributed by atoms with Gasteiger partial charge in [0, 0.05) is 19.3 Å². The molecule has 0 spiro atoms. The van der Waals surface area contributed by atoms with Crippen LogP contribution in [0.15, 0.2) is 23.3 Å². The minimum Gasteiger partial charge on any atom is -0.310 e. The molecule has 22 heavy (non-hydrogen) atoms. The number of hydrogen-bond donors (Lipinski definition) is 0. The first kappa shape index (κ1) is 15.9. The van der Waals surface area contributed by atoms with Crippen LogP contribution in [0.4, 0.5) is 0 Å². The van der Waals surface area contributed by atoms with Crippen molar-refractivity contribution in [3.05, 3.63) is 34.7 Å². The van der Waals surface area contributed by atoms with E-state index in [9.17, 15) is 0 Å². The summed E-state index contributed by atoms with van der Waals surface area (Å²) < 4.78 is 0. The van der Waals surface area contributed by atoms with E-state index in [0.29, 0.717) is 17.8 Å². The zero-order valence-electron chi connectivity index (χ0n) is 14.9. The van der Waals surface area contributed by atoms with E-state index in [1.807, 2.05) is 0 Å². The predicted octanol–water partition coefficient (Wildman–Crippen LogP) is 5.90. The van der Waals surface area contributed by atoms with Gasteiger partial charge >= 0.3 is 0 Å². The van der Waals surface area contributed by atoms with Crippen molar-refractivity contribution in [1.82, 2.24) is 0 Å². The maximum atomic E-state index is 7.78. The lowest BCUT2D eigenvalue weighted by atomic mass is 9.47. The van der Waals surface area contributed by atoms with Crippen molar-refractivity contribution >= 4 is 0 Å². The van der Waals surface area contributed by atoms with Gasteiger partial charge in [-0.05, 0) is 69.6 Å². The van der Waals surface area contributed by atoms with Crippen LogP contribution in [-0.2, 0) is 0 Å². The van der Waals surface area contributed by atoms with Gasteiger partial charge in [0.2, 0.25) is 5.54 Å². The summed E-state index contributed by atoms with van der Waals surface area (Å²) in [6.45, 7) is 19.3. The van der Waals surface area contributed by atoms with E-state index >= 15 is 0 Å². The maximum Gasteiger partial charge on any atom is 0.233 e. The topological polar surface area (TPSA) is 4.36 Å². The zero-order chi connectivity index (χ0) is 16.1. The summed E-state index contributed by atoms with van der Waals surface area (Å²) in [5, 5.41) is 0. The summed E-state index contributed by atoms with van der Waals surface area (Å²) in [4.78, 5) is 4.13. The van der Waals surface area contributed by atoms with Crippen molar-refractivity contribution in [3.8, 4) is 0 Å². The van der Waals surface area contributed by atoms with E-state index < -0.39 is 0 Å².